The van der Waals surface area contributed by atoms with E-state index < -0.39 is 0 Å². The van der Waals surface area contributed by atoms with Crippen molar-refractivity contribution in [1.82, 2.24) is 4.98 Å². The lowest BCUT2D eigenvalue weighted by Crippen LogP contribution is -1.98. The molecule has 0 saturated carbocycles. The van der Waals surface area contributed by atoms with Gasteiger partial charge in [0, 0.05) is 11.8 Å². The predicted molar refractivity (Wildman–Crippen MR) is 63.5 cm³/mol. The fraction of sp³-hybridized carbons (Fsp3) is 0.154. The molecule has 1 aromatic heterocycles. The number of hydrogen-bond acceptors (Lipinski definition) is 2. The minimum absolute atomic E-state index is 0.797. The molecule has 0 fully saturated rings. The molecule has 2 nitrogen and oxygen atoms in total. The van der Waals surface area contributed by atoms with E-state index in [0.717, 1.165) is 28.9 Å². The Kier molecular flexibility index (Phi) is 2.68. The SMILES string of the molecule is CCc1nccc(-c2ccccc2)c1N. The van der Waals surface area contributed by atoms with E-state index in [1.165, 1.54) is 0 Å². The van der Waals surface area contributed by atoms with Gasteiger partial charge in [0.05, 0.1) is 11.4 Å². The highest BCUT2D eigenvalue weighted by molar-refractivity contribution is 5.77. The van der Waals surface area contributed by atoms with Crippen LogP contribution in [0.5, 0.6) is 0 Å². The van der Waals surface area contributed by atoms with Gasteiger partial charge >= 0.3 is 0 Å². The van der Waals surface area contributed by atoms with Crippen molar-refractivity contribution < 1.29 is 0 Å². The van der Waals surface area contributed by atoms with Gasteiger partial charge in [0.15, 0.2) is 0 Å². The molecule has 0 aliphatic heterocycles. The second-order valence-electron chi connectivity index (χ2n) is 3.44. The van der Waals surface area contributed by atoms with Crippen LogP contribution >= 0.6 is 0 Å². The number of pyridine rings is 1. The third-order valence-corrected chi connectivity index (χ3v) is 2.49. The Morgan fingerprint density at radius 2 is 1.87 bits per heavy atom. The molecule has 0 aliphatic rings. The van der Waals surface area contributed by atoms with E-state index in [1.807, 2.05) is 30.5 Å². The standard InChI is InChI=1S/C13H14N2/c1-2-12-13(14)11(8-9-15-12)10-6-4-3-5-7-10/h3-9H,2,14H2,1H3. The molecule has 0 atom stereocenters. The summed E-state index contributed by atoms with van der Waals surface area (Å²) in [4.78, 5) is 4.26. The van der Waals surface area contributed by atoms with E-state index in [1.54, 1.807) is 0 Å². The molecule has 0 spiro atoms. The van der Waals surface area contributed by atoms with Crippen molar-refractivity contribution in [2.24, 2.45) is 0 Å². The zero-order chi connectivity index (χ0) is 10.7. The zero-order valence-electron chi connectivity index (χ0n) is 8.77. The van der Waals surface area contributed by atoms with Crippen molar-refractivity contribution in [2.75, 3.05) is 5.73 Å². The molecule has 0 aliphatic carbocycles. The van der Waals surface area contributed by atoms with Gasteiger partial charge in [-0.15, -0.1) is 0 Å². The molecule has 1 aromatic carbocycles. The van der Waals surface area contributed by atoms with Gasteiger partial charge in [0.2, 0.25) is 0 Å². The molecule has 0 unspecified atom stereocenters. The summed E-state index contributed by atoms with van der Waals surface area (Å²) in [5.41, 5.74) is 10.0. The zero-order valence-corrected chi connectivity index (χ0v) is 8.77. The minimum atomic E-state index is 0.797. The van der Waals surface area contributed by atoms with E-state index in [0.29, 0.717) is 0 Å². The fourth-order valence-corrected chi connectivity index (χ4v) is 1.67. The van der Waals surface area contributed by atoms with Crippen LogP contribution in [0.1, 0.15) is 12.6 Å². The number of anilines is 1. The summed E-state index contributed by atoms with van der Waals surface area (Å²) < 4.78 is 0. The van der Waals surface area contributed by atoms with Crippen molar-refractivity contribution in [3.8, 4) is 11.1 Å². The molecule has 2 aromatic rings. The number of nitrogens with zero attached hydrogens (tertiary/aromatic N) is 1. The molecular formula is C13H14N2. The van der Waals surface area contributed by atoms with E-state index in [4.69, 9.17) is 5.73 Å². The Hall–Kier alpha value is -1.83. The quantitative estimate of drug-likeness (QED) is 0.805. The maximum absolute atomic E-state index is 6.06. The summed E-state index contributed by atoms with van der Waals surface area (Å²) in [6.45, 7) is 2.06. The number of rotatable bonds is 2. The molecule has 0 amide bonds. The number of nitrogens with two attached hydrogens (primary N) is 1. The Morgan fingerprint density at radius 1 is 1.13 bits per heavy atom. The molecule has 76 valence electrons. The van der Waals surface area contributed by atoms with Gasteiger partial charge in [0.25, 0.3) is 0 Å². The number of nitrogen functional groups attached to an aromatic ring is 1. The van der Waals surface area contributed by atoms with E-state index >= 15 is 0 Å². The van der Waals surface area contributed by atoms with Gasteiger partial charge in [-0.1, -0.05) is 37.3 Å². The van der Waals surface area contributed by atoms with Gasteiger partial charge in [-0.2, -0.15) is 0 Å². The second kappa shape index (κ2) is 4.13. The maximum Gasteiger partial charge on any atom is 0.0636 e. The Morgan fingerprint density at radius 3 is 2.53 bits per heavy atom. The number of aryl methyl sites for hydroxylation is 1. The van der Waals surface area contributed by atoms with Crippen LogP contribution in [0.25, 0.3) is 11.1 Å². The monoisotopic (exact) mass is 198 g/mol. The average molecular weight is 198 g/mol. The van der Waals surface area contributed by atoms with Crippen LogP contribution < -0.4 is 5.73 Å². The van der Waals surface area contributed by atoms with Crippen molar-refractivity contribution in [3.05, 3.63) is 48.3 Å². The van der Waals surface area contributed by atoms with Gasteiger partial charge in [-0.25, -0.2) is 0 Å². The lowest BCUT2D eigenvalue weighted by atomic mass is 10.0. The largest absolute Gasteiger partial charge is 0.397 e. The summed E-state index contributed by atoms with van der Waals surface area (Å²) in [6, 6.07) is 12.1. The van der Waals surface area contributed by atoms with Crippen LogP contribution in [0.3, 0.4) is 0 Å². The molecule has 2 rings (SSSR count). The van der Waals surface area contributed by atoms with Crippen molar-refractivity contribution in [3.63, 3.8) is 0 Å². The molecule has 0 bridgehead atoms. The van der Waals surface area contributed by atoms with Crippen LogP contribution in [-0.4, -0.2) is 4.98 Å². The Balaban J connectivity index is 2.54. The second-order valence-corrected chi connectivity index (χ2v) is 3.44. The molecule has 1 heterocycles. The summed E-state index contributed by atoms with van der Waals surface area (Å²) >= 11 is 0. The lowest BCUT2D eigenvalue weighted by Gasteiger charge is -2.08. The first-order chi connectivity index (χ1) is 7.33. The molecule has 15 heavy (non-hydrogen) atoms. The lowest BCUT2D eigenvalue weighted by molar-refractivity contribution is 1.04. The first-order valence-electron chi connectivity index (χ1n) is 5.11. The van der Waals surface area contributed by atoms with Gasteiger partial charge in [0.1, 0.15) is 0 Å². The van der Waals surface area contributed by atoms with Crippen molar-refractivity contribution in [1.29, 1.82) is 0 Å². The topological polar surface area (TPSA) is 38.9 Å². The number of aromatic nitrogens is 1. The third-order valence-electron chi connectivity index (χ3n) is 2.49. The number of hydrogen-bond donors (Lipinski definition) is 1. The normalized spacial score (nSPS) is 10.2. The molecule has 2 heteroatoms. The highest BCUT2D eigenvalue weighted by Gasteiger charge is 2.05. The molecular weight excluding hydrogens is 184 g/mol. The van der Waals surface area contributed by atoms with Crippen molar-refractivity contribution >= 4 is 5.69 Å². The maximum atomic E-state index is 6.06. The van der Waals surface area contributed by atoms with Crippen LogP contribution in [-0.2, 0) is 6.42 Å². The summed E-state index contributed by atoms with van der Waals surface area (Å²) in [5, 5.41) is 0. The number of benzene rings is 1. The Labute approximate surface area is 89.8 Å². The van der Waals surface area contributed by atoms with Gasteiger partial charge in [-0.3, -0.25) is 4.98 Å². The highest BCUT2D eigenvalue weighted by atomic mass is 14.7. The van der Waals surface area contributed by atoms with E-state index in [2.05, 4.69) is 24.0 Å². The molecule has 0 radical (unpaired) electrons. The van der Waals surface area contributed by atoms with E-state index in [9.17, 15) is 0 Å². The summed E-state index contributed by atoms with van der Waals surface area (Å²) in [5.74, 6) is 0. The van der Waals surface area contributed by atoms with Gasteiger partial charge < -0.3 is 5.73 Å². The van der Waals surface area contributed by atoms with E-state index in [-0.39, 0.29) is 0 Å². The average Bonchev–Trinajstić information content (AvgIpc) is 2.30. The van der Waals surface area contributed by atoms with Crippen LogP contribution in [0.15, 0.2) is 42.6 Å². The smallest absolute Gasteiger partial charge is 0.0636 e. The predicted octanol–water partition coefficient (Wildman–Crippen LogP) is 2.89. The van der Waals surface area contributed by atoms with Gasteiger partial charge in [-0.05, 0) is 18.1 Å². The minimum Gasteiger partial charge on any atom is -0.397 e. The van der Waals surface area contributed by atoms with Crippen LogP contribution in [0.2, 0.25) is 0 Å². The molecule has 0 saturated heterocycles. The first-order valence-corrected chi connectivity index (χ1v) is 5.11. The highest BCUT2D eigenvalue weighted by Crippen LogP contribution is 2.27. The van der Waals surface area contributed by atoms with Crippen LogP contribution in [0.4, 0.5) is 5.69 Å². The summed E-state index contributed by atoms with van der Waals surface area (Å²) in [6.07, 6.45) is 2.68. The molecule has 2 N–H and O–H groups in total. The fourth-order valence-electron chi connectivity index (χ4n) is 1.67. The summed E-state index contributed by atoms with van der Waals surface area (Å²) in [7, 11) is 0. The first kappa shape index (κ1) is 9.71. The van der Waals surface area contributed by atoms with Crippen molar-refractivity contribution in [2.45, 2.75) is 13.3 Å². The third kappa shape index (κ3) is 1.84. The Bertz CT molecular complexity index is 449. The van der Waals surface area contributed by atoms with Crippen LogP contribution in [0, 0.1) is 0 Å².